The van der Waals surface area contributed by atoms with Crippen molar-refractivity contribution < 1.29 is 10.2 Å². The predicted octanol–water partition coefficient (Wildman–Crippen LogP) is -0.585. The summed E-state index contributed by atoms with van der Waals surface area (Å²) in [6.07, 6.45) is 2.31. The van der Waals surface area contributed by atoms with E-state index in [1.165, 1.54) is 0 Å². The van der Waals surface area contributed by atoms with E-state index in [2.05, 4.69) is 10.2 Å². The van der Waals surface area contributed by atoms with Crippen molar-refractivity contribution in [2.45, 2.75) is 25.4 Å². The number of hydrogen-bond donors (Lipinski definition) is 3. The monoisotopic (exact) mass is 202 g/mol. The summed E-state index contributed by atoms with van der Waals surface area (Å²) in [5, 5.41) is 21.6. The molecule has 1 aliphatic heterocycles. The Balaban J connectivity index is 2.03. The van der Waals surface area contributed by atoms with Crippen molar-refractivity contribution >= 4 is 0 Å². The molecule has 4 heteroatoms. The van der Waals surface area contributed by atoms with Gasteiger partial charge < -0.3 is 15.5 Å². The van der Waals surface area contributed by atoms with E-state index >= 15 is 0 Å². The van der Waals surface area contributed by atoms with Crippen LogP contribution in [0, 0.1) is 0 Å². The summed E-state index contributed by atoms with van der Waals surface area (Å²) >= 11 is 0. The molecule has 0 amide bonds. The fraction of sp³-hybridized carbons (Fsp3) is 1.00. The number of unbranched alkanes of at least 4 members (excludes halogenated alkanes) is 1. The smallest absolute Gasteiger partial charge is 0.0667 e. The van der Waals surface area contributed by atoms with Gasteiger partial charge in [-0.15, -0.1) is 0 Å². The van der Waals surface area contributed by atoms with E-state index in [1.54, 1.807) is 0 Å². The maximum absolute atomic E-state index is 9.68. The van der Waals surface area contributed by atoms with Crippen LogP contribution in [-0.4, -0.2) is 60.5 Å². The lowest BCUT2D eigenvalue weighted by Crippen LogP contribution is -2.46. The van der Waals surface area contributed by atoms with Crippen LogP contribution in [0.15, 0.2) is 0 Å². The number of nitrogens with zero attached hydrogens (tertiary/aromatic N) is 1. The number of aliphatic hydroxyl groups is 2. The van der Waals surface area contributed by atoms with Crippen LogP contribution < -0.4 is 5.32 Å². The maximum atomic E-state index is 9.68. The molecule has 1 fully saturated rings. The van der Waals surface area contributed by atoms with Gasteiger partial charge in [0.25, 0.3) is 0 Å². The molecule has 14 heavy (non-hydrogen) atoms. The van der Waals surface area contributed by atoms with Gasteiger partial charge in [-0.1, -0.05) is 0 Å². The highest BCUT2D eigenvalue weighted by molar-refractivity contribution is 4.70. The Morgan fingerprint density at radius 1 is 1.21 bits per heavy atom. The van der Waals surface area contributed by atoms with E-state index in [1.807, 2.05) is 0 Å². The van der Waals surface area contributed by atoms with Gasteiger partial charge in [0.1, 0.15) is 0 Å². The normalized spacial score (nSPS) is 21.0. The summed E-state index contributed by atoms with van der Waals surface area (Å²) in [4.78, 5) is 2.29. The molecule has 1 aliphatic rings. The highest BCUT2D eigenvalue weighted by Crippen LogP contribution is 2.03. The summed E-state index contributed by atoms with van der Waals surface area (Å²) in [5.74, 6) is 0. The number of piperazine rings is 1. The van der Waals surface area contributed by atoms with Crippen LogP contribution in [0.1, 0.15) is 19.3 Å². The van der Waals surface area contributed by atoms with E-state index in [0.717, 1.165) is 52.0 Å². The van der Waals surface area contributed by atoms with Crippen LogP contribution in [0.3, 0.4) is 0 Å². The topological polar surface area (TPSA) is 55.7 Å². The van der Waals surface area contributed by atoms with Crippen LogP contribution >= 0.6 is 0 Å². The Morgan fingerprint density at radius 2 is 1.93 bits per heavy atom. The third kappa shape index (κ3) is 4.91. The summed E-state index contributed by atoms with van der Waals surface area (Å²) in [6.45, 7) is 5.16. The average molecular weight is 202 g/mol. The first-order valence-corrected chi connectivity index (χ1v) is 5.55. The summed E-state index contributed by atoms with van der Waals surface area (Å²) in [7, 11) is 0. The van der Waals surface area contributed by atoms with Crippen molar-refractivity contribution in [3.8, 4) is 0 Å². The van der Waals surface area contributed by atoms with Gasteiger partial charge in [0.2, 0.25) is 0 Å². The lowest BCUT2D eigenvalue weighted by molar-refractivity contribution is 0.0950. The van der Waals surface area contributed by atoms with Crippen LogP contribution in [0.2, 0.25) is 0 Å². The van der Waals surface area contributed by atoms with Crippen LogP contribution in [0.25, 0.3) is 0 Å². The molecule has 1 unspecified atom stereocenters. The number of rotatable bonds is 6. The molecule has 1 saturated heterocycles. The lowest BCUT2D eigenvalue weighted by atomic mass is 10.1. The molecule has 0 aliphatic carbocycles. The highest BCUT2D eigenvalue weighted by Gasteiger charge is 2.13. The molecule has 84 valence electrons. The minimum atomic E-state index is -0.223. The Hall–Kier alpha value is -0.160. The van der Waals surface area contributed by atoms with E-state index in [9.17, 15) is 5.11 Å². The van der Waals surface area contributed by atoms with Crippen molar-refractivity contribution in [3.05, 3.63) is 0 Å². The number of aliphatic hydroxyl groups excluding tert-OH is 2. The third-order valence-corrected chi connectivity index (χ3v) is 2.62. The van der Waals surface area contributed by atoms with Crippen molar-refractivity contribution in [3.63, 3.8) is 0 Å². The third-order valence-electron chi connectivity index (χ3n) is 2.62. The first kappa shape index (κ1) is 11.9. The minimum Gasteiger partial charge on any atom is -0.396 e. The first-order chi connectivity index (χ1) is 6.83. The van der Waals surface area contributed by atoms with Gasteiger partial charge in [-0.05, 0) is 19.3 Å². The molecule has 3 N–H and O–H groups in total. The largest absolute Gasteiger partial charge is 0.396 e. The Kier molecular flexibility index (Phi) is 6.10. The van der Waals surface area contributed by atoms with Gasteiger partial charge in [-0.25, -0.2) is 0 Å². The quantitative estimate of drug-likeness (QED) is 0.504. The van der Waals surface area contributed by atoms with E-state index < -0.39 is 0 Å². The molecule has 0 bridgehead atoms. The molecule has 0 radical (unpaired) electrons. The molecule has 0 aromatic carbocycles. The molecule has 1 atom stereocenters. The van der Waals surface area contributed by atoms with Gasteiger partial charge >= 0.3 is 0 Å². The molecule has 0 spiro atoms. The van der Waals surface area contributed by atoms with Crippen LogP contribution in [0.4, 0.5) is 0 Å². The lowest BCUT2D eigenvalue weighted by Gasteiger charge is -2.29. The molecule has 1 heterocycles. The molecule has 1 rings (SSSR count). The first-order valence-electron chi connectivity index (χ1n) is 5.55. The number of nitrogens with one attached hydrogen (secondary N) is 1. The molecule has 0 aromatic rings. The second kappa shape index (κ2) is 7.17. The summed E-state index contributed by atoms with van der Waals surface area (Å²) < 4.78 is 0. The van der Waals surface area contributed by atoms with Crippen LogP contribution in [0.5, 0.6) is 0 Å². The van der Waals surface area contributed by atoms with Gasteiger partial charge in [-0.2, -0.15) is 0 Å². The highest BCUT2D eigenvalue weighted by atomic mass is 16.3. The van der Waals surface area contributed by atoms with Crippen molar-refractivity contribution in [1.82, 2.24) is 10.2 Å². The summed E-state index contributed by atoms with van der Waals surface area (Å²) in [5.41, 5.74) is 0. The van der Waals surface area contributed by atoms with Gasteiger partial charge in [0.05, 0.1) is 6.10 Å². The van der Waals surface area contributed by atoms with E-state index in [0.29, 0.717) is 0 Å². The Morgan fingerprint density at radius 3 is 2.57 bits per heavy atom. The average Bonchev–Trinajstić information content (AvgIpc) is 2.20. The molecule has 0 aromatic heterocycles. The predicted molar refractivity (Wildman–Crippen MR) is 56.3 cm³/mol. The maximum Gasteiger partial charge on any atom is 0.0667 e. The molecular weight excluding hydrogens is 180 g/mol. The standard InChI is InChI=1S/C10H22N2O2/c13-8-2-1-3-10(14)9-12-6-4-11-5-7-12/h10-11,13-14H,1-9H2. The number of hydrogen-bond acceptors (Lipinski definition) is 4. The molecular formula is C10H22N2O2. The van der Waals surface area contributed by atoms with E-state index in [-0.39, 0.29) is 12.7 Å². The van der Waals surface area contributed by atoms with Crippen molar-refractivity contribution in [2.75, 3.05) is 39.3 Å². The zero-order valence-electron chi connectivity index (χ0n) is 8.78. The Bertz CT molecular complexity index is 138. The fourth-order valence-corrected chi connectivity index (χ4v) is 1.77. The zero-order chi connectivity index (χ0) is 10.2. The Labute approximate surface area is 85.9 Å². The second-order valence-corrected chi connectivity index (χ2v) is 3.92. The van der Waals surface area contributed by atoms with Gasteiger partial charge in [-0.3, -0.25) is 4.90 Å². The number of β-amino-alcohol motifs (C(OH)–C–C–N with tert-alkyl or cyclic N) is 1. The second-order valence-electron chi connectivity index (χ2n) is 3.92. The van der Waals surface area contributed by atoms with Crippen molar-refractivity contribution in [2.24, 2.45) is 0 Å². The SMILES string of the molecule is OCCCCC(O)CN1CCNCC1. The molecule has 0 saturated carbocycles. The summed E-state index contributed by atoms with van der Waals surface area (Å²) in [6, 6.07) is 0. The minimum absolute atomic E-state index is 0.223. The van der Waals surface area contributed by atoms with Gasteiger partial charge in [0.15, 0.2) is 0 Å². The van der Waals surface area contributed by atoms with Crippen molar-refractivity contribution in [1.29, 1.82) is 0 Å². The van der Waals surface area contributed by atoms with Gasteiger partial charge in [0, 0.05) is 39.3 Å². The zero-order valence-corrected chi connectivity index (χ0v) is 8.78. The van der Waals surface area contributed by atoms with E-state index in [4.69, 9.17) is 5.11 Å². The molecule has 4 nitrogen and oxygen atoms in total. The van der Waals surface area contributed by atoms with Crippen LogP contribution in [-0.2, 0) is 0 Å². The fourth-order valence-electron chi connectivity index (χ4n) is 1.77.